The fourth-order valence-electron chi connectivity index (χ4n) is 3.33. The molecular weight excluding hydrogens is 258 g/mol. The molecule has 1 saturated carbocycles. The van der Waals surface area contributed by atoms with Gasteiger partial charge in [0.2, 0.25) is 5.91 Å². The number of amides is 1. The highest BCUT2D eigenvalue weighted by atomic mass is 16.4. The van der Waals surface area contributed by atoms with Crippen LogP contribution in [0.4, 0.5) is 5.82 Å². The highest BCUT2D eigenvalue weighted by Gasteiger charge is 2.51. The number of carboxylic acids is 1. The number of hydrogen-bond donors (Lipinski definition) is 2. The van der Waals surface area contributed by atoms with Crippen molar-refractivity contribution in [2.75, 3.05) is 5.32 Å². The van der Waals surface area contributed by atoms with Gasteiger partial charge in [-0.2, -0.15) is 5.10 Å². The summed E-state index contributed by atoms with van der Waals surface area (Å²) >= 11 is 0. The zero-order valence-electron chi connectivity index (χ0n) is 11.2. The summed E-state index contributed by atoms with van der Waals surface area (Å²) < 4.78 is 1.71. The molecule has 1 heterocycles. The predicted octanol–water partition coefficient (Wildman–Crippen LogP) is 1.36. The highest BCUT2D eigenvalue weighted by Crippen LogP contribution is 2.48. The van der Waals surface area contributed by atoms with Crippen molar-refractivity contribution in [1.29, 1.82) is 0 Å². The van der Waals surface area contributed by atoms with Crippen molar-refractivity contribution in [2.24, 2.45) is 23.7 Å². The number of aliphatic carboxylic acids is 1. The van der Waals surface area contributed by atoms with Crippen molar-refractivity contribution in [2.45, 2.75) is 19.9 Å². The smallest absolute Gasteiger partial charge is 0.307 e. The van der Waals surface area contributed by atoms with Gasteiger partial charge < -0.3 is 10.4 Å². The number of aryl methyl sites for hydroxylation is 1. The maximum atomic E-state index is 12.4. The number of aromatic nitrogens is 2. The molecule has 6 heteroatoms. The number of carbonyl (C=O) groups excluding carboxylic acids is 1. The van der Waals surface area contributed by atoms with Crippen molar-refractivity contribution in [1.82, 2.24) is 9.78 Å². The monoisotopic (exact) mass is 275 g/mol. The molecule has 2 bridgehead atoms. The van der Waals surface area contributed by atoms with Crippen LogP contribution in [-0.4, -0.2) is 26.8 Å². The third kappa shape index (κ3) is 2.01. The maximum Gasteiger partial charge on any atom is 0.307 e. The number of carbonyl (C=O) groups is 2. The molecule has 1 aromatic rings. The quantitative estimate of drug-likeness (QED) is 0.813. The van der Waals surface area contributed by atoms with Gasteiger partial charge in [-0.15, -0.1) is 0 Å². The fourth-order valence-corrected chi connectivity index (χ4v) is 3.33. The fraction of sp³-hybridized carbons (Fsp3) is 0.500. The molecule has 6 nitrogen and oxygen atoms in total. The Hall–Kier alpha value is -2.11. The molecule has 1 amide bonds. The van der Waals surface area contributed by atoms with Crippen LogP contribution in [0.25, 0.3) is 0 Å². The number of nitrogens with one attached hydrogen (secondary N) is 1. The highest BCUT2D eigenvalue weighted by molar-refractivity contribution is 5.95. The average Bonchev–Trinajstić information content (AvgIpc) is 3.12. The lowest BCUT2D eigenvalue weighted by molar-refractivity contribution is -0.146. The Kier molecular flexibility index (Phi) is 3.08. The van der Waals surface area contributed by atoms with Crippen molar-refractivity contribution in [3.63, 3.8) is 0 Å². The molecule has 2 aliphatic carbocycles. The van der Waals surface area contributed by atoms with E-state index >= 15 is 0 Å². The number of nitrogens with zero attached hydrogens (tertiary/aromatic N) is 2. The van der Waals surface area contributed by atoms with Gasteiger partial charge in [0.05, 0.1) is 11.8 Å². The van der Waals surface area contributed by atoms with Gasteiger partial charge in [0.1, 0.15) is 0 Å². The Bertz CT molecular complexity index is 578. The number of carboxylic acid groups (broad SMARTS) is 1. The van der Waals surface area contributed by atoms with E-state index in [2.05, 4.69) is 10.4 Å². The Balaban J connectivity index is 1.76. The molecule has 3 rings (SSSR count). The van der Waals surface area contributed by atoms with Crippen LogP contribution in [0.2, 0.25) is 0 Å². The summed E-state index contributed by atoms with van der Waals surface area (Å²) in [7, 11) is 0. The number of hydrogen-bond acceptors (Lipinski definition) is 3. The van der Waals surface area contributed by atoms with Crippen LogP contribution in [0.3, 0.4) is 0 Å². The lowest BCUT2D eigenvalue weighted by Crippen LogP contribution is -2.36. The molecule has 0 unspecified atom stereocenters. The number of rotatable bonds is 4. The Labute approximate surface area is 116 Å². The van der Waals surface area contributed by atoms with E-state index in [1.165, 1.54) is 0 Å². The maximum absolute atomic E-state index is 12.4. The molecule has 4 atom stereocenters. The van der Waals surface area contributed by atoms with Gasteiger partial charge in [0, 0.05) is 18.8 Å². The summed E-state index contributed by atoms with van der Waals surface area (Å²) in [6, 6.07) is 1.72. The van der Waals surface area contributed by atoms with Gasteiger partial charge in [0.15, 0.2) is 5.82 Å². The Morgan fingerprint density at radius 3 is 2.70 bits per heavy atom. The van der Waals surface area contributed by atoms with Crippen LogP contribution in [-0.2, 0) is 16.1 Å². The SMILES string of the molecule is CCn1ccc(NC(=O)[C@H]2[C@@H](C(=O)O)[C@H]3C=C[C@@H]2C3)n1. The minimum absolute atomic E-state index is 0.0125. The normalized spacial score (nSPS) is 30.6. The van der Waals surface area contributed by atoms with E-state index < -0.39 is 17.8 Å². The van der Waals surface area contributed by atoms with E-state index in [1.54, 1.807) is 16.9 Å². The third-order valence-corrected chi connectivity index (χ3v) is 4.26. The summed E-state index contributed by atoms with van der Waals surface area (Å²) in [6.07, 6.45) is 6.45. The lowest BCUT2D eigenvalue weighted by Gasteiger charge is -2.23. The van der Waals surface area contributed by atoms with Crippen molar-refractivity contribution in [3.8, 4) is 0 Å². The van der Waals surface area contributed by atoms with Crippen molar-refractivity contribution < 1.29 is 14.7 Å². The van der Waals surface area contributed by atoms with Crippen LogP contribution in [0, 0.1) is 23.7 Å². The van der Waals surface area contributed by atoms with Crippen LogP contribution >= 0.6 is 0 Å². The summed E-state index contributed by atoms with van der Waals surface area (Å²) in [5.74, 6) is -1.73. The second-order valence-corrected chi connectivity index (χ2v) is 5.38. The minimum atomic E-state index is -0.888. The zero-order chi connectivity index (χ0) is 14.3. The van der Waals surface area contributed by atoms with Gasteiger partial charge in [-0.3, -0.25) is 14.3 Å². The van der Waals surface area contributed by atoms with Crippen LogP contribution < -0.4 is 5.32 Å². The summed E-state index contributed by atoms with van der Waals surface area (Å²) in [5, 5.41) is 16.3. The molecule has 2 N–H and O–H groups in total. The van der Waals surface area contributed by atoms with Gasteiger partial charge in [-0.1, -0.05) is 12.2 Å². The molecule has 0 saturated heterocycles. The first-order chi connectivity index (χ1) is 9.60. The van der Waals surface area contributed by atoms with E-state index in [1.807, 2.05) is 19.1 Å². The first-order valence-electron chi connectivity index (χ1n) is 6.85. The van der Waals surface area contributed by atoms with E-state index in [0.29, 0.717) is 5.82 Å². The van der Waals surface area contributed by atoms with Gasteiger partial charge in [-0.25, -0.2) is 0 Å². The molecule has 1 fully saturated rings. The largest absolute Gasteiger partial charge is 0.481 e. The Morgan fingerprint density at radius 2 is 2.10 bits per heavy atom. The van der Waals surface area contributed by atoms with E-state index in [4.69, 9.17) is 0 Å². The topological polar surface area (TPSA) is 84.2 Å². The number of anilines is 1. The molecule has 0 spiro atoms. The number of fused-ring (bicyclic) bond motifs is 2. The molecule has 2 aliphatic rings. The molecule has 20 heavy (non-hydrogen) atoms. The number of allylic oxidation sites excluding steroid dienone is 2. The second kappa shape index (κ2) is 4.77. The van der Waals surface area contributed by atoms with Gasteiger partial charge in [0.25, 0.3) is 0 Å². The predicted molar refractivity (Wildman–Crippen MR) is 71.9 cm³/mol. The standard InChI is InChI=1S/C14H17N3O3/c1-2-17-6-5-10(16-17)15-13(18)11-8-3-4-9(7-8)12(11)14(19)20/h3-6,8-9,11-12H,2,7H2,1H3,(H,19,20)(H,15,16,18)/t8-,9+,11-,12+/m1/s1. The molecule has 0 radical (unpaired) electrons. The third-order valence-electron chi connectivity index (χ3n) is 4.26. The van der Waals surface area contributed by atoms with Crippen LogP contribution in [0.15, 0.2) is 24.4 Å². The van der Waals surface area contributed by atoms with Crippen molar-refractivity contribution in [3.05, 3.63) is 24.4 Å². The van der Waals surface area contributed by atoms with Crippen molar-refractivity contribution >= 4 is 17.7 Å². The first kappa shape index (κ1) is 12.9. The summed E-state index contributed by atoms with van der Waals surface area (Å²) in [6.45, 7) is 2.68. The lowest BCUT2D eigenvalue weighted by atomic mass is 9.82. The Morgan fingerprint density at radius 1 is 1.40 bits per heavy atom. The summed E-state index contributed by atoms with van der Waals surface area (Å²) in [4.78, 5) is 23.7. The van der Waals surface area contributed by atoms with Gasteiger partial charge in [-0.05, 0) is 25.2 Å². The van der Waals surface area contributed by atoms with E-state index in [0.717, 1.165) is 13.0 Å². The molecule has 0 aliphatic heterocycles. The second-order valence-electron chi connectivity index (χ2n) is 5.38. The molecule has 106 valence electrons. The van der Waals surface area contributed by atoms with E-state index in [-0.39, 0.29) is 17.7 Å². The molecular formula is C14H17N3O3. The summed E-state index contributed by atoms with van der Waals surface area (Å²) in [5.41, 5.74) is 0. The molecule has 0 aromatic carbocycles. The van der Waals surface area contributed by atoms with Crippen LogP contribution in [0.1, 0.15) is 13.3 Å². The van der Waals surface area contributed by atoms with Crippen LogP contribution in [0.5, 0.6) is 0 Å². The average molecular weight is 275 g/mol. The molecule has 1 aromatic heterocycles. The first-order valence-corrected chi connectivity index (χ1v) is 6.85. The van der Waals surface area contributed by atoms with E-state index in [9.17, 15) is 14.7 Å². The zero-order valence-corrected chi connectivity index (χ0v) is 11.2. The minimum Gasteiger partial charge on any atom is -0.481 e. The van der Waals surface area contributed by atoms with Gasteiger partial charge >= 0.3 is 5.97 Å².